The van der Waals surface area contributed by atoms with Gasteiger partial charge in [0, 0.05) is 31.0 Å². The Bertz CT molecular complexity index is 448. The molecule has 0 fully saturated rings. The zero-order valence-electron chi connectivity index (χ0n) is 10.1. The summed E-state index contributed by atoms with van der Waals surface area (Å²) in [5, 5.41) is 22.3. The highest BCUT2D eigenvalue weighted by Crippen LogP contribution is 2.30. The summed E-state index contributed by atoms with van der Waals surface area (Å²) in [6.45, 7) is 0.655. The molecule has 1 rings (SSSR count). The number of anilines is 1. The Balaban J connectivity index is 2.57. The number of rotatable bonds is 8. The monoisotopic (exact) mass is 352 g/mol. The largest absolute Gasteiger partial charge is 0.396 e. The molecule has 0 heterocycles. The Kier molecular flexibility index (Phi) is 7.11. The maximum atomic E-state index is 13.4. The van der Waals surface area contributed by atoms with Crippen LogP contribution in [0.2, 0.25) is 0 Å². The number of nitro benzene ring substituents is 1. The van der Waals surface area contributed by atoms with Crippen molar-refractivity contribution in [2.24, 2.45) is 0 Å². The van der Waals surface area contributed by atoms with Gasteiger partial charge in [0.1, 0.15) is 11.5 Å². The van der Waals surface area contributed by atoms with Gasteiger partial charge in [0.2, 0.25) is 0 Å². The molecular weight excluding hydrogens is 339 g/mol. The molecule has 0 aliphatic rings. The molecule has 0 atom stereocenters. The molecule has 1 aromatic carbocycles. The van der Waals surface area contributed by atoms with Gasteiger partial charge in [-0.3, -0.25) is 10.1 Å². The molecule has 0 radical (unpaired) electrons. The third kappa shape index (κ3) is 5.33. The number of hydrogen-bond acceptors (Lipinski definition) is 5. The van der Waals surface area contributed by atoms with E-state index < -0.39 is 10.7 Å². The fourth-order valence-electron chi connectivity index (χ4n) is 1.36. The summed E-state index contributed by atoms with van der Waals surface area (Å²) < 4.78 is 13.4. The van der Waals surface area contributed by atoms with Crippen molar-refractivity contribution in [3.05, 3.63) is 32.5 Å². The normalized spacial score (nSPS) is 10.5. The van der Waals surface area contributed by atoms with Gasteiger partial charge in [-0.15, -0.1) is 0 Å². The maximum absolute atomic E-state index is 13.4. The van der Waals surface area contributed by atoms with Crippen LogP contribution in [0.1, 0.15) is 6.42 Å². The quantitative estimate of drug-likeness (QED) is 0.427. The summed E-state index contributed by atoms with van der Waals surface area (Å²) in [5.74, 6) is 1.02. The van der Waals surface area contributed by atoms with Gasteiger partial charge in [-0.05, 0) is 28.1 Å². The highest BCUT2D eigenvalue weighted by molar-refractivity contribution is 9.10. The molecular formula is C11H14BrFN2O3S. The number of nitro groups is 1. The zero-order valence-corrected chi connectivity index (χ0v) is 12.5. The lowest BCUT2D eigenvalue weighted by atomic mass is 10.2. The van der Waals surface area contributed by atoms with Crippen molar-refractivity contribution in [2.45, 2.75) is 6.42 Å². The average molecular weight is 353 g/mol. The van der Waals surface area contributed by atoms with Crippen LogP contribution in [0.5, 0.6) is 0 Å². The molecule has 0 aliphatic carbocycles. The van der Waals surface area contributed by atoms with Crippen molar-refractivity contribution >= 4 is 39.1 Å². The molecule has 0 bridgehead atoms. The van der Waals surface area contributed by atoms with Crippen LogP contribution in [0.3, 0.4) is 0 Å². The number of nitrogens with zero attached hydrogens (tertiary/aromatic N) is 1. The number of halogens is 2. The molecule has 0 amide bonds. The van der Waals surface area contributed by atoms with E-state index in [4.69, 9.17) is 5.11 Å². The zero-order chi connectivity index (χ0) is 14.3. The SMILES string of the molecule is O=[N+]([O-])c1cc(Br)c(F)cc1NCCSCCCO. The molecule has 0 aromatic heterocycles. The molecule has 0 saturated heterocycles. The van der Waals surface area contributed by atoms with E-state index in [0.717, 1.165) is 30.1 Å². The van der Waals surface area contributed by atoms with Gasteiger partial charge in [0.15, 0.2) is 0 Å². The average Bonchev–Trinajstić information content (AvgIpc) is 2.37. The standard InChI is InChI=1S/C11H14BrFN2O3S/c12-8-6-11(15(17)18)10(7-9(8)13)14-2-5-19-4-1-3-16/h6-7,14,16H,1-5H2. The molecule has 0 unspecified atom stereocenters. The lowest BCUT2D eigenvalue weighted by molar-refractivity contribution is -0.384. The van der Waals surface area contributed by atoms with E-state index in [0.29, 0.717) is 6.54 Å². The second-order valence-electron chi connectivity index (χ2n) is 3.66. The van der Waals surface area contributed by atoms with Crippen molar-refractivity contribution < 1.29 is 14.4 Å². The van der Waals surface area contributed by atoms with Crippen LogP contribution in [-0.4, -0.2) is 34.7 Å². The summed E-state index contributed by atoms with van der Waals surface area (Å²) in [6, 6.07) is 2.26. The van der Waals surface area contributed by atoms with Crippen molar-refractivity contribution in [3.63, 3.8) is 0 Å². The number of nitrogens with one attached hydrogen (secondary N) is 1. The first kappa shape index (κ1) is 16.2. The lowest BCUT2D eigenvalue weighted by Crippen LogP contribution is -2.07. The van der Waals surface area contributed by atoms with E-state index in [1.54, 1.807) is 11.8 Å². The van der Waals surface area contributed by atoms with E-state index in [2.05, 4.69) is 21.2 Å². The molecule has 19 heavy (non-hydrogen) atoms. The van der Waals surface area contributed by atoms with Gasteiger partial charge in [0.05, 0.1) is 9.40 Å². The van der Waals surface area contributed by atoms with Gasteiger partial charge in [-0.1, -0.05) is 0 Å². The third-order valence-electron chi connectivity index (χ3n) is 2.24. The molecule has 2 N–H and O–H groups in total. The van der Waals surface area contributed by atoms with Crippen molar-refractivity contribution in [1.29, 1.82) is 0 Å². The van der Waals surface area contributed by atoms with Gasteiger partial charge in [-0.25, -0.2) is 4.39 Å². The Labute approximate surface area is 122 Å². The summed E-state index contributed by atoms with van der Waals surface area (Å²) >= 11 is 4.55. The highest BCUT2D eigenvalue weighted by atomic mass is 79.9. The number of benzene rings is 1. The minimum Gasteiger partial charge on any atom is -0.396 e. The molecule has 5 nitrogen and oxygen atoms in total. The van der Waals surface area contributed by atoms with E-state index in [9.17, 15) is 14.5 Å². The summed E-state index contributed by atoms with van der Waals surface area (Å²) in [7, 11) is 0. The van der Waals surface area contributed by atoms with Crippen LogP contribution in [0, 0.1) is 15.9 Å². The fourth-order valence-corrected chi connectivity index (χ4v) is 2.47. The number of aliphatic hydroxyl groups excluding tert-OH is 1. The maximum Gasteiger partial charge on any atom is 0.293 e. The van der Waals surface area contributed by atoms with E-state index in [-0.39, 0.29) is 22.5 Å². The topological polar surface area (TPSA) is 75.4 Å². The number of aliphatic hydroxyl groups is 1. The summed E-state index contributed by atoms with van der Waals surface area (Å²) in [4.78, 5) is 10.3. The van der Waals surface area contributed by atoms with Crippen molar-refractivity contribution in [1.82, 2.24) is 0 Å². The van der Waals surface area contributed by atoms with Crippen LogP contribution in [0.4, 0.5) is 15.8 Å². The van der Waals surface area contributed by atoms with Crippen LogP contribution in [0.25, 0.3) is 0 Å². The van der Waals surface area contributed by atoms with Crippen molar-refractivity contribution in [3.8, 4) is 0 Å². The number of thioether (sulfide) groups is 1. The van der Waals surface area contributed by atoms with Gasteiger partial charge >= 0.3 is 0 Å². The Hall–Kier alpha value is -0.860. The van der Waals surface area contributed by atoms with Gasteiger partial charge < -0.3 is 10.4 Å². The van der Waals surface area contributed by atoms with E-state index in [1.165, 1.54) is 0 Å². The predicted octanol–water partition coefficient (Wildman–Crippen LogP) is 3.02. The fraction of sp³-hybridized carbons (Fsp3) is 0.455. The molecule has 1 aromatic rings. The Morgan fingerprint density at radius 2 is 2.21 bits per heavy atom. The second kappa shape index (κ2) is 8.34. The minimum absolute atomic E-state index is 0.0714. The van der Waals surface area contributed by atoms with Crippen LogP contribution in [0.15, 0.2) is 16.6 Å². The minimum atomic E-state index is -0.550. The molecule has 0 aliphatic heterocycles. The summed E-state index contributed by atoms with van der Waals surface area (Å²) in [5.41, 5.74) is 0.0158. The second-order valence-corrected chi connectivity index (χ2v) is 5.74. The van der Waals surface area contributed by atoms with Crippen LogP contribution in [-0.2, 0) is 0 Å². The third-order valence-corrected chi connectivity index (χ3v) is 3.92. The smallest absolute Gasteiger partial charge is 0.293 e. The Morgan fingerprint density at radius 3 is 2.84 bits per heavy atom. The summed E-state index contributed by atoms with van der Waals surface area (Å²) in [6.07, 6.45) is 0.720. The van der Waals surface area contributed by atoms with Gasteiger partial charge in [0.25, 0.3) is 5.69 Å². The molecule has 0 spiro atoms. The number of hydrogen-bond donors (Lipinski definition) is 2. The first-order valence-corrected chi connectivity index (χ1v) is 7.57. The predicted molar refractivity (Wildman–Crippen MR) is 78.3 cm³/mol. The first-order valence-electron chi connectivity index (χ1n) is 5.62. The lowest BCUT2D eigenvalue weighted by Gasteiger charge is -2.08. The van der Waals surface area contributed by atoms with Gasteiger partial charge in [-0.2, -0.15) is 11.8 Å². The molecule has 0 saturated carbocycles. The van der Waals surface area contributed by atoms with E-state index >= 15 is 0 Å². The van der Waals surface area contributed by atoms with Crippen LogP contribution < -0.4 is 5.32 Å². The van der Waals surface area contributed by atoms with Crippen molar-refractivity contribution in [2.75, 3.05) is 30.0 Å². The molecule has 8 heteroatoms. The van der Waals surface area contributed by atoms with Crippen LogP contribution >= 0.6 is 27.7 Å². The highest BCUT2D eigenvalue weighted by Gasteiger charge is 2.16. The first-order chi connectivity index (χ1) is 9.06. The van der Waals surface area contributed by atoms with E-state index in [1.807, 2.05) is 0 Å². The Morgan fingerprint density at radius 1 is 1.47 bits per heavy atom. The molecule has 106 valence electrons.